The van der Waals surface area contributed by atoms with E-state index in [-0.39, 0.29) is 0 Å². The fourth-order valence-corrected chi connectivity index (χ4v) is 4.05. The van der Waals surface area contributed by atoms with Crippen molar-refractivity contribution in [2.24, 2.45) is 0 Å². The second-order valence-corrected chi connectivity index (χ2v) is 8.00. The number of benzene rings is 5. The minimum atomic E-state index is 1.14. The number of hydrogen-bond donors (Lipinski definition) is 0. The lowest BCUT2D eigenvalue weighted by molar-refractivity contribution is 1.28. The van der Waals surface area contributed by atoms with Crippen molar-refractivity contribution in [1.29, 1.82) is 0 Å². The normalized spacial score (nSPS) is 10.7. The van der Waals surface area contributed by atoms with E-state index in [1.807, 2.05) is 0 Å². The Balaban J connectivity index is 1.57. The number of nitrogens with zero attached hydrogens (tertiary/aromatic N) is 1. The molecule has 0 fully saturated rings. The first-order chi connectivity index (χ1) is 15.8. The lowest BCUT2D eigenvalue weighted by Gasteiger charge is -2.26. The first-order valence-electron chi connectivity index (χ1n) is 11.0. The van der Waals surface area contributed by atoms with E-state index >= 15 is 0 Å². The molecule has 0 aliphatic rings. The average Bonchev–Trinajstić information content (AvgIpc) is 2.86. The summed E-state index contributed by atoms with van der Waals surface area (Å²) in [5.41, 5.74) is 9.59. The molecule has 0 bridgehead atoms. The van der Waals surface area contributed by atoms with Gasteiger partial charge in [-0.15, -0.1) is 0 Å². The van der Waals surface area contributed by atoms with Crippen LogP contribution in [0.3, 0.4) is 0 Å². The number of rotatable bonds is 5. The minimum absolute atomic E-state index is 1.14. The molecule has 5 rings (SSSR count). The van der Waals surface area contributed by atoms with Gasteiger partial charge in [0.15, 0.2) is 0 Å². The van der Waals surface area contributed by atoms with E-state index in [9.17, 15) is 0 Å². The summed E-state index contributed by atoms with van der Waals surface area (Å²) in [7, 11) is 0. The molecule has 5 aromatic carbocycles. The van der Waals surface area contributed by atoms with Crippen LogP contribution in [-0.4, -0.2) is 0 Å². The Bertz CT molecular complexity index is 1270. The van der Waals surface area contributed by atoms with Gasteiger partial charge in [0.2, 0.25) is 0 Å². The number of para-hydroxylation sites is 2. The molecule has 1 heteroatoms. The van der Waals surface area contributed by atoms with Gasteiger partial charge < -0.3 is 4.90 Å². The summed E-state index contributed by atoms with van der Waals surface area (Å²) in [5.74, 6) is 0. The quantitative estimate of drug-likeness (QED) is 0.279. The highest BCUT2D eigenvalue weighted by molar-refractivity contribution is 5.81. The van der Waals surface area contributed by atoms with Gasteiger partial charge in [-0.1, -0.05) is 96.6 Å². The highest BCUT2D eigenvalue weighted by Gasteiger charge is 2.12. The average molecular weight is 412 g/mol. The first kappa shape index (κ1) is 19.8. The predicted molar refractivity (Wildman–Crippen MR) is 137 cm³/mol. The van der Waals surface area contributed by atoms with Crippen LogP contribution in [-0.2, 0) is 0 Å². The van der Waals surface area contributed by atoms with E-state index in [2.05, 4.69) is 145 Å². The molecule has 0 amide bonds. The molecular formula is C31H25N. The molecule has 5 aromatic rings. The topological polar surface area (TPSA) is 3.24 Å². The molecule has 0 N–H and O–H groups in total. The van der Waals surface area contributed by atoms with Crippen molar-refractivity contribution in [1.82, 2.24) is 0 Å². The van der Waals surface area contributed by atoms with E-state index in [4.69, 9.17) is 0 Å². The number of hydrogen-bond acceptors (Lipinski definition) is 1. The second kappa shape index (κ2) is 8.95. The van der Waals surface area contributed by atoms with E-state index in [0.29, 0.717) is 0 Å². The van der Waals surface area contributed by atoms with Gasteiger partial charge in [-0.3, -0.25) is 0 Å². The fraction of sp³-hybridized carbons (Fsp3) is 0.0323. The van der Waals surface area contributed by atoms with Gasteiger partial charge >= 0.3 is 0 Å². The van der Waals surface area contributed by atoms with Gasteiger partial charge in [-0.05, 0) is 71.6 Å². The lowest BCUT2D eigenvalue weighted by Crippen LogP contribution is -2.09. The molecular weight excluding hydrogens is 386 g/mol. The van der Waals surface area contributed by atoms with Gasteiger partial charge in [0.05, 0.1) is 0 Å². The smallest absolute Gasteiger partial charge is 0.0467 e. The van der Waals surface area contributed by atoms with Crippen molar-refractivity contribution in [2.75, 3.05) is 4.90 Å². The molecule has 0 aliphatic carbocycles. The van der Waals surface area contributed by atoms with Crippen LogP contribution in [0, 0.1) is 6.92 Å². The van der Waals surface area contributed by atoms with Crippen LogP contribution in [0.1, 0.15) is 5.56 Å². The summed E-state index contributed by atoms with van der Waals surface area (Å²) in [5, 5.41) is 0. The van der Waals surface area contributed by atoms with E-state index in [1.54, 1.807) is 0 Å². The highest BCUT2D eigenvalue weighted by atomic mass is 15.1. The van der Waals surface area contributed by atoms with Gasteiger partial charge in [-0.2, -0.15) is 0 Å². The maximum atomic E-state index is 2.30. The van der Waals surface area contributed by atoms with Crippen LogP contribution in [0.25, 0.3) is 22.3 Å². The van der Waals surface area contributed by atoms with Crippen molar-refractivity contribution in [2.45, 2.75) is 6.92 Å². The van der Waals surface area contributed by atoms with Crippen LogP contribution in [0.2, 0.25) is 0 Å². The molecule has 0 spiro atoms. The zero-order chi connectivity index (χ0) is 21.8. The molecule has 0 aliphatic heterocycles. The third kappa shape index (κ3) is 4.19. The van der Waals surface area contributed by atoms with Crippen molar-refractivity contribution in [3.8, 4) is 22.3 Å². The fourth-order valence-electron chi connectivity index (χ4n) is 4.05. The zero-order valence-electron chi connectivity index (χ0n) is 18.1. The molecule has 0 heterocycles. The third-order valence-corrected chi connectivity index (χ3v) is 5.71. The molecule has 1 nitrogen and oxygen atoms in total. The predicted octanol–water partition coefficient (Wildman–Crippen LogP) is 8.80. The van der Waals surface area contributed by atoms with Crippen molar-refractivity contribution < 1.29 is 0 Å². The van der Waals surface area contributed by atoms with Crippen LogP contribution in [0.5, 0.6) is 0 Å². The largest absolute Gasteiger partial charge is 0.310 e. The molecule has 32 heavy (non-hydrogen) atoms. The molecule has 0 atom stereocenters. The third-order valence-electron chi connectivity index (χ3n) is 5.71. The molecule has 0 saturated heterocycles. The summed E-state index contributed by atoms with van der Waals surface area (Å²) in [4.78, 5) is 2.30. The molecule has 0 saturated carbocycles. The van der Waals surface area contributed by atoms with E-state index < -0.39 is 0 Å². The highest BCUT2D eigenvalue weighted by Crippen LogP contribution is 2.36. The Morgan fingerprint density at radius 2 is 0.844 bits per heavy atom. The maximum absolute atomic E-state index is 2.30. The zero-order valence-corrected chi connectivity index (χ0v) is 18.1. The molecule has 0 radical (unpaired) electrons. The van der Waals surface area contributed by atoms with Crippen LogP contribution in [0.4, 0.5) is 17.1 Å². The van der Waals surface area contributed by atoms with Crippen LogP contribution < -0.4 is 4.90 Å². The maximum Gasteiger partial charge on any atom is 0.0467 e. The van der Waals surface area contributed by atoms with Crippen LogP contribution in [0.15, 0.2) is 133 Å². The Morgan fingerprint density at radius 3 is 1.44 bits per heavy atom. The van der Waals surface area contributed by atoms with Gasteiger partial charge in [0, 0.05) is 17.1 Å². The number of aryl methyl sites for hydroxylation is 1. The molecule has 154 valence electrons. The molecule has 0 unspecified atom stereocenters. The standard InChI is InChI=1S/C31H25N/c1-24-18-20-25(21-19-24)26-10-8-11-27(22-26)28-12-9-17-31(23-28)32(29-13-4-2-5-14-29)30-15-6-3-7-16-30/h2-23H,1H3. The van der Waals surface area contributed by atoms with Gasteiger partial charge in [0.25, 0.3) is 0 Å². The Kier molecular flexibility index (Phi) is 5.55. The van der Waals surface area contributed by atoms with Crippen molar-refractivity contribution >= 4 is 17.1 Å². The Hall–Kier alpha value is -4.10. The van der Waals surface area contributed by atoms with Gasteiger partial charge in [-0.25, -0.2) is 0 Å². The summed E-state index contributed by atoms with van der Waals surface area (Å²) in [6, 6.07) is 47.3. The number of anilines is 3. The summed E-state index contributed by atoms with van der Waals surface area (Å²) in [6.07, 6.45) is 0. The van der Waals surface area contributed by atoms with Crippen molar-refractivity contribution in [3.63, 3.8) is 0 Å². The summed E-state index contributed by atoms with van der Waals surface area (Å²) >= 11 is 0. The monoisotopic (exact) mass is 411 g/mol. The Morgan fingerprint density at radius 1 is 0.375 bits per heavy atom. The minimum Gasteiger partial charge on any atom is -0.310 e. The first-order valence-corrected chi connectivity index (χ1v) is 11.0. The second-order valence-electron chi connectivity index (χ2n) is 8.00. The SMILES string of the molecule is Cc1ccc(-c2cccc(-c3cccc(N(c4ccccc4)c4ccccc4)c3)c2)cc1. The van der Waals surface area contributed by atoms with E-state index in [1.165, 1.54) is 27.8 Å². The van der Waals surface area contributed by atoms with Crippen molar-refractivity contribution in [3.05, 3.63) is 139 Å². The lowest BCUT2D eigenvalue weighted by atomic mass is 9.98. The van der Waals surface area contributed by atoms with Crippen LogP contribution >= 0.6 is 0 Å². The van der Waals surface area contributed by atoms with Gasteiger partial charge in [0.1, 0.15) is 0 Å². The molecule has 0 aromatic heterocycles. The summed E-state index contributed by atoms with van der Waals surface area (Å²) < 4.78 is 0. The van der Waals surface area contributed by atoms with E-state index in [0.717, 1.165) is 17.1 Å². The Labute approximate surface area is 190 Å². The summed E-state index contributed by atoms with van der Waals surface area (Å²) in [6.45, 7) is 2.12.